The van der Waals surface area contributed by atoms with Gasteiger partial charge >= 0.3 is 11.9 Å². The molecular formula is C62H112N10O13. The average Bonchev–Trinajstić information content (AvgIpc) is 3.62. The highest BCUT2D eigenvalue weighted by molar-refractivity contribution is 5.98. The molecule has 0 bridgehead atoms. The topological polar surface area (TPSA) is 288 Å². The zero-order chi connectivity index (χ0) is 66.6. The van der Waals surface area contributed by atoms with Gasteiger partial charge in [0, 0.05) is 49.2 Å². The molecule has 12 atom stereocenters. The number of carbonyl (C=O) groups excluding carboxylic acids is 11. The van der Waals surface area contributed by atoms with Crippen LogP contribution < -0.4 is 21.7 Å². The first-order chi connectivity index (χ1) is 38.9. The van der Waals surface area contributed by atoms with Crippen LogP contribution in [0.2, 0.25) is 0 Å². The van der Waals surface area contributed by atoms with Gasteiger partial charge in [-0.15, -0.1) is 0 Å². The second-order valence-electron chi connectivity index (χ2n) is 26.0. The first-order valence-electron chi connectivity index (χ1n) is 30.2. The van der Waals surface area contributed by atoms with Gasteiger partial charge in [0.15, 0.2) is 0 Å². The SMILES string of the molecule is C/C=C/C[C@@H](C)[C@@H](OC(C)=O)[C@@H](C(=O)N[C@@H](CC)C(=O)N(C)[C@H](C)C(=O)OC(C)(C)C)N(C)C(=O)[C@H](C(C)C)N(C)C(=O)[C@H](CC(C)C)N(C)C(=O)[C@H](CC(C)C)N(C)C(=O)[C@@H](C)NC(=O)[C@H](C)NC(=O)[C@H](CC(C)C)N(C)C(=O)[C@@H](N)C(C)C. The summed E-state index contributed by atoms with van der Waals surface area (Å²) in [6.45, 7) is 34.2. The van der Waals surface area contributed by atoms with Crippen molar-refractivity contribution < 1.29 is 62.2 Å². The Morgan fingerprint density at radius 2 is 0.941 bits per heavy atom. The second-order valence-corrected chi connectivity index (χ2v) is 26.0. The van der Waals surface area contributed by atoms with Crippen LogP contribution in [0.3, 0.4) is 0 Å². The van der Waals surface area contributed by atoms with Crippen LogP contribution in [0.25, 0.3) is 0 Å². The fourth-order valence-corrected chi connectivity index (χ4v) is 9.83. The summed E-state index contributed by atoms with van der Waals surface area (Å²) in [5.74, 6) is -8.79. The van der Waals surface area contributed by atoms with E-state index < -0.39 is 149 Å². The van der Waals surface area contributed by atoms with Gasteiger partial charge in [-0.25, -0.2) is 4.79 Å². The molecule has 0 spiro atoms. The molecule has 85 heavy (non-hydrogen) atoms. The molecule has 0 saturated heterocycles. The summed E-state index contributed by atoms with van der Waals surface area (Å²) in [6, 6.07) is -11.5. The standard InChI is InChI=1S/C62H112N10O13/c1-27-29-30-39(13)51(84-43(17)73)50(54(76)66-44(28-2)56(78)67(21)42(16)61(83)85-62(18,19)20)72(26)60(82)49(38(11)12)71(25)58(80)47(33-36(7)8)70(24)57(79)46(32-35(5)6)69(23)55(77)41(15)65-52(74)40(14)64-53(75)45(31-34(3)4)68(22)59(81)48(63)37(9)10/h27,29,34-42,44-51H,28,30-33,63H2,1-26H3,(H,64,75)(H,65,74)(H,66,76)/b29-27+/t39-,40+,41-,42-,44+,45+,46+,47+,48+,49+,50+,51-/m1/s1. The number of nitrogens with two attached hydrogens (primary N) is 1. The molecule has 0 aromatic carbocycles. The minimum atomic E-state index is -1.56. The zero-order valence-corrected chi connectivity index (χ0v) is 56.6. The van der Waals surface area contributed by atoms with Crippen LogP contribution in [0, 0.1) is 35.5 Å². The number of hydrogen-bond acceptors (Lipinski definition) is 14. The Morgan fingerprint density at radius 1 is 0.506 bits per heavy atom. The molecular weight excluding hydrogens is 1090 g/mol. The van der Waals surface area contributed by atoms with Crippen LogP contribution in [-0.2, 0) is 62.2 Å². The van der Waals surface area contributed by atoms with Gasteiger partial charge in [-0.05, 0) is 116 Å². The van der Waals surface area contributed by atoms with Crippen LogP contribution in [-0.4, -0.2) is 209 Å². The normalized spacial score (nSPS) is 16.1. The minimum Gasteiger partial charge on any atom is -0.459 e. The summed E-state index contributed by atoms with van der Waals surface area (Å²) < 4.78 is 11.4. The molecule has 9 amide bonds. The maximum Gasteiger partial charge on any atom is 0.329 e. The number of amides is 9. The molecule has 0 radical (unpaired) electrons. The average molecular weight is 1210 g/mol. The molecule has 0 unspecified atom stereocenters. The van der Waals surface area contributed by atoms with Gasteiger partial charge < -0.3 is 60.6 Å². The third-order valence-corrected chi connectivity index (χ3v) is 15.2. The minimum absolute atomic E-state index is 0.00241. The molecule has 0 aliphatic carbocycles. The predicted molar refractivity (Wildman–Crippen MR) is 328 cm³/mol. The van der Waals surface area contributed by atoms with Crippen LogP contribution >= 0.6 is 0 Å². The number of esters is 2. The van der Waals surface area contributed by atoms with Crippen LogP contribution in [0.4, 0.5) is 0 Å². The summed E-state index contributed by atoms with van der Waals surface area (Å²) in [7, 11) is 8.61. The van der Waals surface area contributed by atoms with E-state index in [1.807, 2.05) is 47.6 Å². The van der Waals surface area contributed by atoms with Crippen molar-refractivity contribution in [1.82, 2.24) is 45.3 Å². The molecule has 23 nitrogen and oxygen atoms in total. The highest BCUT2D eigenvalue weighted by Crippen LogP contribution is 2.27. The Morgan fingerprint density at radius 3 is 1.36 bits per heavy atom. The Labute approximate surface area is 509 Å². The van der Waals surface area contributed by atoms with Crippen molar-refractivity contribution in [2.45, 2.75) is 243 Å². The molecule has 5 N–H and O–H groups in total. The lowest BCUT2D eigenvalue weighted by Gasteiger charge is -2.42. The maximum absolute atomic E-state index is 15.3. The Bertz CT molecular complexity index is 2300. The van der Waals surface area contributed by atoms with Crippen molar-refractivity contribution in [1.29, 1.82) is 0 Å². The number of nitrogens with zero attached hydrogens (tertiary/aromatic N) is 6. The molecule has 0 aliphatic heterocycles. The Kier molecular flexibility index (Phi) is 32.9. The number of hydrogen-bond donors (Lipinski definition) is 4. The lowest BCUT2D eigenvalue weighted by atomic mass is 9.91. The van der Waals surface area contributed by atoms with Gasteiger partial charge in [0.05, 0.1) is 6.04 Å². The van der Waals surface area contributed by atoms with E-state index in [0.717, 1.165) is 4.90 Å². The summed E-state index contributed by atoms with van der Waals surface area (Å²) in [5, 5.41) is 8.12. The van der Waals surface area contributed by atoms with Gasteiger partial charge in [-0.3, -0.25) is 47.9 Å². The first-order valence-corrected chi connectivity index (χ1v) is 30.2. The molecule has 0 rings (SSSR count). The predicted octanol–water partition coefficient (Wildman–Crippen LogP) is 4.53. The van der Waals surface area contributed by atoms with Gasteiger partial charge in [0.1, 0.15) is 66.1 Å². The number of carbonyl (C=O) groups is 11. The maximum atomic E-state index is 15.3. The second kappa shape index (κ2) is 35.5. The third-order valence-electron chi connectivity index (χ3n) is 15.2. The fourth-order valence-electron chi connectivity index (χ4n) is 9.83. The van der Waals surface area contributed by atoms with Crippen molar-refractivity contribution in [3.63, 3.8) is 0 Å². The Hall–Kier alpha value is -6.13. The van der Waals surface area contributed by atoms with E-state index in [1.54, 1.807) is 75.3 Å². The monoisotopic (exact) mass is 1200 g/mol. The molecule has 488 valence electrons. The van der Waals surface area contributed by atoms with E-state index in [1.165, 1.54) is 94.5 Å². The fraction of sp³-hybridized carbons (Fsp3) is 0.790. The lowest BCUT2D eigenvalue weighted by Crippen LogP contribution is -2.64. The molecule has 23 heteroatoms. The largest absolute Gasteiger partial charge is 0.459 e. The molecule has 0 saturated carbocycles. The quantitative estimate of drug-likeness (QED) is 0.0519. The van der Waals surface area contributed by atoms with E-state index in [9.17, 15) is 43.2 Å². The highest BCUT2D eigenvalue weighted by Gasteiger charge is 2.46. The number of allylic oxidation sites excluding steroid dienone is 2. The van der Waals surface area contributed by atoms with Gasteiger partial charge in [-0.1, -0.05) is 95.2 Å². The smallest absolute Gasteiger partial charge is 0.329 e. The summed E-state index contributed by atoms with van der Waals surface area (Å²) in [5.41, 5.74) is 5.31. The summed E-state index contributed by atoms with van der Waals surface area (Å²) in [4.78, 5) is 163. The van der Waals surface area contributed by atoms with Crippen LogP contribution in [0.15, 0.2) is 12.2 Å². The van der Waals surface area contributed by atoms with Crippen molar-refractivity contribution in [2.75, 3.05) is 42.3 Å². The zero-order valence-electron chi connectivity index (χ0n) is 56.6. The van der Waals surface area contributed by atoms with Crippen LogP contribution in [0.5, 0.6) is 0 Å². The molecule has 0 aromatic heterocycles. The third kappa shape index (κ3) is 23.9. The van der Waals surface area contributed by atoms with E-state index in [2.05, 4.69) is 16.0 Å². The highest BCUT2D eigenvalue weighted by atomic mass is 16.6. The first kappa shape index (κ1) is 78.9. The number of nitrogens with one attached hydrogen (secondary N) is 3. The van der Waals surface area contributed by atoms with Crippen LogP contribution in [0.1, 0.15) is 171 Å². The number of likely N-dealkylation sites (N-methyl/N-ethyl adjacent to an activating group) is 6. The van der Waals surface area contributed by atoms with Crippen molar-refractivity contribution in [3.8, 4) is 0 Å². The Balaban J connectivity index is 7.30. The summed E-state index contributed by atoms with van der Waals surface area (Å²) in [6.07, 6.45) is 3.30. The van der Waals surface area contributed by atoms with Gasteiger partial charge in [0.25, 0.3) is 0 Å². The van der Waals surface area contributed by atoms with E-state index >= 15 is 9.59 Å². The summed E-state index contributed by atoms with van der Waals surface area (Å²) >= 11 is 0. The molecule has 0 aliphatic rings. The molecule has 0 heterocycles. The lowest BCUT2D eigenvalue weighted by molar-refractivity contribution is -0.164. The number of ether oxygens (including phenoxy) is 2. The van der Waals surface area contributed by atoms with E-state index in [4.69, 9.17) is 15.2 Å². The number of rotatable bonds is 33. The van der Waals surface area contributed by atoms with Gasteiger partial charge in [-0.2, -0.15) is 0 Å². The van der Waals surface area contributed by atoms with Crippen molar-refractivity contribution in [2.24, 2.45) is 41.2 Å². The molecule has 0 fully saturated rings. The van der Waals surface area contributed by atoms with Crippen molar-refractivity contribution in [3.05, 3.63) is 12.2 Å². The molecule has 0 aromatic rings. The van der Waals surface area contributed by atoms with Crippen molar-refractivity contribution >= 4 is 65.1 Å². The van der Waals surface area contributed by atoms with E-state index in [0.29, 0.717) is 12.8 Å². The van der Waals surface area contributed by atoms with E-state index in [-0.39, 0.29) is 42.9 Å². The van der Waals surface area contributed by atoms with Gasteiger partial charge in [0.2, 0.25) is 53.2 Å².